The van der Waals surface area contributed by atoms with E-state index in [1.54, 1.807) is 17.7 Å². The second-order valence-electron chi connectivity index (χ2n) is 5.81. The highest BCUT2D eigenvalue weighted by Gasteiger charge is 2.21. The molecule has 4 nitrogen and oxygen atoms in total. The van der Waals surface area contributed by atoms with Gasteiger partial charge in [-0.05, 0) is 23.8 Å². The van der Waals surface area contributed by atoms with Crippen molar-refractivity contribution < 1.29 is 4.79 Å². The number of thiophene rings is 1. The van der Waals surface area contributed by atoms with Gasteiger partial charge in [-0.1, -0.05) is 48.5 Å². The SMILES string of the molecule is CNC(=O)c1sc2c(ccc(=O)n2-c2ccccc2)c1-c1ccccc1. The number of aromatic nitrogens is 1. The van der Waals surface area contributed by atoms with Crippen LogP contribution >= 0.6 is 11.3 Å². The summed E-state index contributed by atoms with van der Waals surface area (Å²) in [6.45, 7) is 0. The molecule has 0 atom stereocenters. The van der Waals surface area contributed by atoms with E-state index in [2.05, 4.69) is 5.32 Å². The van der Waals surface area contributed by atoms with Gasteiger partial charge in [0, 0.05) is 24.1 Å². The summed E-state index contributed by atoms with van der Waals surface area (Å²) in [5.41, 5.74) is 2.48. The van der Waals surface area contributed by atoms with Gasteiger partial charge in [0.05, 0.1) is 5.69 Å². The third-order valence-corrected chi connectivity index (χ3v) is 5.44. The smallest absolute Gasteiger partial charge is 0.261 e. The number of benzene rings is 2. The highest BCUT2D eigenvalue weighted by Crippen LogP contribution is 2.38. The Morgan fingerprint density at radius 2 is 1.58 bits per heavy atom. The lowest BCUT2D eigenvalue weighted by molar-refractivity contribution is 0.0967. The molecule has 0 aliphatic heterocycles. The third-order valence-electron chi connectivity index (χ3n) is 4.25. The number of nitrogens with one attached hydrogen (secondary N) is 1. The summed E-state index contributed by atoms with van der Waals surface area (Å²) in [5.74, 6) is -0.155. The van der Waals surface area contributed by atoms with Gasteiger partial charge in [0.1, 0.15) is 9.71 Å². The van der Waals surface area contributed by atoms with Crippen LogP contribution in [0.5, 0.6) is 0 Å². The first-order valence-corrected chi connectivity index (χ1v) is 9.04. The molecular weight excluding hydrogens is 344 g/mol. The molecule has 0 fully saturated rings. The molecule has 4 rings (SSSR count). The molecule has 0 unspecified atom stereocenters. The Kier molecular flexibility index (Phi) is 4.14. The van der Waals surface area contributed by atoms with Crippen molar-refractivity contribution in [2.45, 2.75) is 0 Å². The molecule has 0 saturated carbocycles. The molecule has 26 heavy (non-hydrogen) atoms. The molecule has 0 bridgehead atoms. The van der Waals surface area contributed by atoms with Crippen LogP contribution in [-0.4, -0.2) is 17.5 Å². The first kappa shape index (κ1) is 16.3. The zero-order chi connectivity index (χ0) is 18.1. The molecule has 1 N–H and O–H groups in total. The van der Waals surface area contributed by atoms with Crippen molar-refractivity contribution in [3.63, 3.8) is 0 Å². The van der Waals surface area contributed by atoms with Crippen molar-refractivity contribution >= 4 is 27.5 Å². The van der Waals surface area contributed by atoms with Crippen molar-refractivity contribution in [2.24, 2.45) is 0 Å². The molecule has 5 heteroatoms. The van der Waals surface area contributed by atoms with Crippen LogP contribution in [0, 0.1) is 0 Å². The number of nitrogens with zero attached hydrogens (tertiary/aromatic N) is 1. The summed E-state index contributed by atoms with van der Waals surface area (Å²) < 4.78 is 1.67. The van der Waals surface area contributed by atoms with E-state index in [1.807, 2.05) is 66.7 Å². The number of hydrogen-bond donors (Lipinski definition) is 1. The maximum absolute atomic E-state index is 12.6. The van der Waals surface area contributed by atoms with Gasteiger partial charge < -0.3 is 5.32 Å². The van der Waals surface area contributed by atoms with Crippen molar-refractivity contribution in [2.75, 3.05) is 7.05 Å². The van der Waals surface area contributed by atoms with Gasteiger partial charge in [-0.25, -0.2) is 0 Å². The summed E-state index contributed by atoms with van der Waals surface area (Å²) in [6.07, 6.45) is 0. The molecule has 0 spiro atoms. The maximum Gasteiger partial charge on any atom is 0.261 e. The summed E-state index contributed by atoms with van der Waals surface area (Å²) >= 11 is 1.34. The van der Waals surface area contributed by atoms with E-state index in [4.69, 9.17) is 0 Å². The second kappa shape index (κ2) is 6.61. The molecule has 0 radical (unpaired) electrons. The minimum atomic E-state index is -0.155. The first-order chi connectivity index (χ1) is 12.7. The summed E-state index contributed by atoms with van der Waals surface area (Å²) in [4.78, 5) is 26.5. The molecule has 2 heterocycles. The van der Waals surface area contributed by atoms with E-state index in [0.717, 1.165) is 27.0 Å². The van der Waals surface area contributed by atoms with Crippen LogP contribution < -0.4 is 10.9 Å². The Bertz CT molecular complexity index is 1150. The average molecular weight is 360 g/mol. The van der Waals surface area contributed by atoms with Crippen molar-refractivity contribution in [3.8, 4) is 16.8 Å². The Morgan fingerprint density at radius 1 is 0.923 bits per heavy atom. The lowest BCUT2D eigenvalue weighted by Gasteiger charge is -2.07. The lowest BCUT2D eigenvalue weighted by Crippen LogP contribution is -2.17. The summed E-state index contributed by atoms with van der Waals surface area (Å²) in [6, 6.07) is 22.6. The van der Waals surface area contributed by atoms with Crippen LogP contribution in [0.1, 0.15) is 9.67 Å². The summed E-state index contributed by atoms with van der Waals surface area (Å²) in [5, 5.41) is 3.60. The summed E-state index contributed by atoms with van der Waals surface area (Å²) in [7, 11) is 1.62. The van der Waals surface area contributed by atoms with E-state index in [1.165, 1.54) is 11.3 Å². The van der Waals surface area contributed by atoms with E-state index in [0.29, 0.717) is 4.88 Å². The predicted molar refractivity (Wildman–Crippen MR) is 106 cm³/mol. The monoisotopic (exact) mass is 360 g/mol. The molecule has 128 valence electrons. The van der Waals surface area contributed by atoms with Gasteiger partial charge in [-0.2, -0.15) is 0 Å². The van der Waals surface area contributed by atoms with Crippen LogP contribution in [0.25, 0.3) is 27.0 Å². The normalized spacial score (nSPS) is 10.8. The number of pyridine rings is 1. The van der Waals surface area contributed by atoms with Gasteiger partial charge in [-0.15, -0.1) is 11.3 Å². The molecule has 0 saturated heterocycles. The molecule has 1 amide bonds. The zero-order valence-electron chi connectivity index (χ0n) is 14.1. The van der Waals surface area contributed by atoms with Gasteiger partial charge in [0.25, 0.3) is 11.5 Å². The van der Waals surface area contributed by atoms with Crippen LogP contribution in [0.4, 0.5) is 0 Å². The third kappa shape index (κ3) is 2.62. The predicted octanol–water partition coefficient (Wildman–Crippen LogP) is 4.08. The zero-order valence-corrected chi connectivity index (χ0v) is 14.9. The number of para-hydroxylation sites is 1. The van der Waals surface area contributed by atoms with Crippen LogP contribution in [0.15, 0.2) is 77.6 Å². The van der Waals surface area contributed by atoms with Crippen molar-refractivity contribution in [1.29, 1.82) is 0 Å². The largest absolute Gasteiger partial charge is 0.354 e. The van der Waals surface area contributed by atoms with Crippen LogP contribution in [0.2, 0.25) is 0 Å². The van der Waals surface area contributed by atoms with Crippen LogP contribution in [-0.2, 0) is 0 Å². The van der Waals surface area contributed by atoms with Crippen LogP contribution in [0.3, 0.4) is 0 Å². The minimum Gasteiger partial charge on any atom is -0.354 e. The Balaban J connectivity index is 2.11. The molecule has 4 aromatic rings. The van der Waals surface area contributed by atoms with Gasteiger partial charge in [-0.3, -0.25) is 14.2 Å². The van der Waals surface area contributed by atoms with Gasteiger partial charge in [0.15, 0.2) is 0 Å². The van der Waals surface area contributed by atoms with E-state index in [9.17, 15) is 9.59 Å². The first-order valence-electron chi connectivity index (χ1n) is 8.22. The minimum absolute atomic E-state index is 0.118. The molecule has 2 aromatic heterocycles. The Labute approximate surface area is 154 Å². The number of amides is 1. The van der Waals surface area contributed by atoms with E-state index < -0.39 is 0 Å². The standard InChI is InChI=1S/C21H16N2O2S/c1-22-20(25)19-18(14-8-4-2-5-9-14)16-12-13-17(24)23(21(16)26-19)15-10-6-3-7-11-15/h2-13H,1H3,(H,22,25). The topological polar surface area (TPSA) is 51.1 Å². The van der Waals surface area contributed by atoms with Crippen molar-refractivity contribution in [1.82, 2.24) is 9.88 Å². The van der Waals surface area contributed by atoms with E-state index in [-0.39, 0.29) is 11.5 Å². The highest BCUT2D eigenvalue weighted by molar-refractivity contribution is 7.21. The van der Waals surface area contributed by atoms with E-state index >= 15 is 0 Å². The fourth-order valence-electron chi connectivity index (χ4n) is 3.07. The Hall–Kier alpha value is -3.18. The molecule has 2 aromatic carbocycles. The number of carbonyl (C=O) groups excluding carboxylic acids is 1. The number of hydrogen-bond acceptors (Lipinski definition) is 3. The van der Waals surface area contributed by atoms with Gasteiger partial charge in [0.2, 0.25) is 0 Å². The second-order valence-corrected chi connectivity index (χ2v) is 6.81. The number of carbonyl (C=O) groups is 1. The highest BCUT2D eigenvalue weighted by atomic mass is 32.1. The van der Waals surface area contributed by atoms with Gasteiger partial charge >= 0.3 is 0 Å². The molecule has 0 aliphatic carbocycles. The maximum atomic E-state index is 12.6. The van der Waals surface area contributed by atoms with Crippen molar-refractivity contribution in [3.05, 3.63) is 88.0 Å². The molecular formula is C21H16N2O2S. The fourth-order valence-corrected chi connectivity index (χ4v) is 4.35. The lowest BCUT2D eigenvalue weighted by atomic mass is 10.0. The molecule has 0 aliphatic rings. The average Bonchev–Trinajstić information content (AvgIpc) is 3.08. The fraction of sp³-hybridized carbons (Fsp3) is 0.0476. The number of fused-ring (bicyclic) bond motifs is 1. The quantitative estimate of drug-likeness (QED) is 0.598. The number of rotatable bonds is 3. The Morgan fingerprint density at radius 3 is 2.23 bits per heavy atom.